The molecule has 0 heterocycles. The summed E-state index contributed by atoms with van der Waals surface area (Å²) in [7, 11) is 0. The molecule has 19 heavy (non-hydrogen) atoms. The molecule has 0 fully saturated rings. The zero-order chi connectivity index (χ0) is 14.3. The number of carbonyl (C=O) groups is 2. The maximum atomic E-state index is 12.0. The van der Waals surface area contributed by atoms with Gasteiger partial charge in [0.2, 0.25) is 5.91 Å². The number of carbonyl (C=O) groups excluding carboxylic acids is 2. The fraction of sp³-hybridized carbons (Fsp3) is 0.250. The third-order valence-electron chi connectivity index (χ3n) is 2.40. The number of hydrogen-bond donors (Lipinski definition) is 4. The monoisotopic (exact) mass is 280 g/mol. The summed E-state index contributed by atoms with van der Waals surface area (Å²) in [5, 5.41) is 5.01. The molecule has 1 atom stereocenters. The van der Waals surface area contributed by atoms with E-state index in [-0.39, 0.29) is 24.0 Å². The molecule has 6 nitrogen and oxygen atoms in total. The Morgan fingerprint density at radius 2 is 1.68 bits per heavy atom. The molecule has 0 aliphatic carbocycles. The molecule has 1 aromatic carbocycles. The van der Waals surface area contributed by atoms with Gasteiger partial charge in [0.15, 0.2) is 0 Å². The molecule has 1 unspecified atom stereocenters. The number of hydrogen-bond acceptors (Lipinski definition) is 3. The second-order valence-electron chi connectivity index (χ2n) is 3.83. The third-order valence-corrected chi connectivity index (χ3v) is 2.64. The molecule has 0 bridgehead atoms. The van der Waals surface area contributed by atoms with Gasteiger partial charge < -0.3 is 22.1 Å². The zero-order valence-corrected chi connectivity index (χ0v) is 11.1. The third kappa shape index (κ3) is 4.92. The van der Waals surface area contributed by atoms with Crippen molar-refractivity contribution in [3.05, 3.63) is 35.9 Å². The van der Waals surface area contributed by atoms with Crippen molar-refractivity contribution in [2.75, 3.05) is 13.1 Å². The van der Waals surface area contributed by atoms with Crippen LogP contribution in [0.25, 0.3) is 0 Å². The predicted molar refractivity (Wildman–Crippen MR) is 76.6 cm³/mol. The lowest BCUT2D eigenvalue weighted by Gasteiger charge is -2.15. The normalized spacial score (nSPS) is 11.4. The average Bonchev–Trinajstić information content (AvgIpc) is 2.35. The van der Waals surface area contributed by atoms with Crippen molar-refractivity contribution in [3.63, 3.8) is 0 Å². The van der Waals surface area contributed by atoms with Crippen LogP contribution in [-0.2, 0) is 4.79 Å². The Labute approximate surface area is 116 Å². The van der Waals surface area contributed by atoms with Gasteiger partial charge in [-0.25, -0.2) is 4.79 Å². The van der Waals surface area contributed by atoms with Crippen molar-refractivity contribution in [2.45, 2.75) is 5.92 Å². The van der Waals surface area contributed by atoms with Crippen LogP contribution in [-0.4, -0.2) is 30.0 Å². The number of rotatable bonds is 6. The minimum Gasteiger partial charge on any atom is -0.392 e. The number of nitrogens with one attached hydrogen (secondary N) is 2. The second-order valence-corrected chi connectivity index (χ2v) is 4.30. The summed E-state index contributed by atoms with van der Waals surface area (Å²) >= 11 is 4.92. The highest BCUT2D eigenvalue weighted by molar-refractivity contribution is 7.80. The van der Waals surface area contributed by atoms with Crippen molar-refractivity contribution in [1.29, 1.82) is 0 Å². The van der Waals surface area contributed by atoms with Crippen molar-refractivity contribution in [2.24, 2.45) is 11.5 Å². The van der Waals surface area contributed by atoms with Gasteiger partial charge in [-0.05, 0) is 5.56 Å². The van der Waals surface area contributed by atoms with Crippen LogP contribution >= 0.6 is 12.2 Å². The predicted octanol–water partition coefficient (Wildman–Crippen LogP) is -0.159. The van der Waals surface area contributed by atoms with Crippen LogP contribution in [0, 0.1) is 0 Å². The van der Waals surface area contributed by atoms with E-state index in [1.807, 2.05) is 18.2 Å². The van der Waals surface area contributed by atoms with Crippen LogP contribution in [0.3, 0.4) is 0 Å². The first kappa shape index (κ1) is 14.9. The number of amides is 3. The van der Waals surface area contributed by atoms with Crippen LogP contribution in [0.5, 0.6) is 0 Å². The van der Waals surface area contributed by atoms with Gasteiger partial charge in [0.1, 0.15) is 5.92 Å². The number of primary amides is 1. The topological polar surface area (TPSA) is 110 Å². The Kier molecular flexibility index (Phi) is 5.74. The van der Waals surface area contributed by atoms with E-state index < -0.39 is 11.9 Å². The molecule has 0 aromatic heterocycles. The molecule has 0 aliphatic heterocycles. The molecule has 0 spiro atoms. The van der Waals surface area contributed by atoms with Gasteiger partial charge in [0, 0.05) is 13.1 Å². The highest BCUT2D eigenvalue weighted by Gasteiger charge is 2.22. The fourth-order valence-electron chi connectivity index (χ4n) is 1.56. The first-order valence-electron chi connectivity index (χ1n) is 5.67. The van der Waals surface area contributed by atoms with Crippen LogP contribution in [0.4, 0.5) is 4.79 Å². The SMILES string of the molecule is NC(=O)NCCNC(=O)C(C(N)=S)c1ccccc1. The molecule has 6 N–H and O–H groups in total. The summed E-state index contributed by atoms with van der Waals surface area (Å²) in [6, 6.07) is 8.39. The largest absolute Gasteiger partial charge is 0.392 e. The Hall–Kier alpha value is -2.15. The van der Waals surface area contributed by atoms with E-state index in [9.17, 15) is 9.59 Å². The summed E-state index contributed by atoms with van der Waals surface area (Å²) in [6.07, 6.45) is 0. The van der Waals surface area contributed by atoms with Crippen LogP contribution in [0.15, 0.2) is 30.3 Å². The number of urea groups is 1. The van der Waals surface area contributed by atoms with E-state index in [4.69, 9.17) is 23.7 Å². The molecule has 1 aromatic rings. The molecule has 0 saturated carbocycles. The van der Waals surface area contributed by atoms with Crippen molar-refractivity contribution in [3.8, 4) is 0 Å². The van der Waals surface area contributed by atoms with Gasteiger partial charge in [-0.2, -0.15) is 0 Å². The first-order chi connectivity index (χ1) is 9.02. The van der Waals surface area contributed by atoms with Gasteiger partial charge in [-0.15, -0.1) is 0 Å². The molecular weight excluding hydrogens is 264 g/mol. The van der Waals surface area contributed by atoms with E-state index in [2.05, 4.69) is 10.6 Å². The second kappa shape index (κ2) is 7.32. The van der Waals surface area contributed by atoms with Gasteiger partial charge >= 0.3 is 6.03 Å². The maximum Gasteiger partial charge on any atom is 0.312 e. The summed E-state index contributed by atoms with van der Waals surface area (Å²) in [6.45, 7) is 0.508. The van der Waals surface area contributed by atoms with Crippen molar-refractivity contribution < 1.29 is 9.59 Å². The van der Waals surface area contributed by atoms with Crippen molar-refractivity contribution in [1.82, 2.24) is 10.6 Å². The molecule has 0 saturated heterocycles. The standard InChI is InChI=1S/C12H16N4O2S/c13-10(19)9(8-4-2-1-3-5-8)11(17)15-6-7-16-12(14)18/h1-5,9H,6-7H2,(H2,13,19)(H,15,17)(H3,14,16,18). The smallest absolute Gasteiger partial charge is 0.312 e. The minimum atomic E-state index is -0.676. The van der Waals surface area contributed by atoms with Gasteiger partial charge in [-0.3, -0.25) is 4.79 Å². The summed E-state index contributed by atoms with van der Waals surface area (Å²) in [5.74, 6) is -0.977. The lowest BCUT2D eigenvalue weighted by Crippen LogP contribution is -2.41. The molecule has 102 valence electrons. The van der Waals surface area contributed by atoms with Crippen LogP contribution in [0.1, 0.15) is 11.5 Å². The van der Waals surface area contributed by atoms with Gasteiger partial charge in [-0.1, -0.05) is 42.5 Å². The summed E-state index contributed by atoms with van der Waals surface area (Å²) in [5.41, 5.74) is 11.2. The van der Waals surface area contributed by atoms with E-state index in [1.54, 1.807) is 12.1 Å². The number of nitrogens with two attached hydrogens (primary N) is 2. The van der Waals surface area contributed by atoms with Gasteiger partial charge in [0.05, 0.1) is 4.99 Å². The zero-order valence-electron chi connectivity index (χ0n) is 10.3. The summed E-state index contributed by atoms with van der Waals surface area (Å²) < 4.78 is 0. The lowest BCUT2D eigenvalue weighted by atomic mass is 9.98. The minimum absolute atomic E-state index is 0.103. The molecule has 7 heteroatoms. The summed E-state index contributed by atoms with van der Waals surface area (Å²) in [4.78, 5) is 22.6. The highest BCUT2D eigenvalue weighted by atomic mass is 32.1. The number of thiocarbonyl (C=S) groups is 1. The van der Waals surface area contributed by atoms with E-state index in [0.29, 0.717) is 0 Å². The lowest BCUT2D eigenvalue weighted by molar-refractivity contribution is -0.121. The Morgan fingerprint density at radius 3 is 2.21 bits per heavy atom. The molecule has 3 amide bonds. The molecule has 0 radical (unpaired) electrons. The molecule has 0 aliphatic rings. The Morgan fingerprint density at radius 1 is 1.11 bits per heavy atom. The van der Waals surface area contributed by atoms with Crippen LogP contribution in [0.2, 0.25) is 0 Å². The fourth-order valence-corrected chi connectivity index (χ4v) is 1.81. The van der Waals surface area contributed by atoms with Crippen molar-refractivity contribution >= 4 is 29.1 Å². The van der Waals surface area contributed by atoms with Crippen LogP contribution < -0.4 is 22.1 Å². The van der Waals surface area contributed by atoms with E-state index in [1.165, 1.54) is 0 Å². The van der Waals surface area contributed by atoms with Gasteiger partial charge in [0.25, 0.3) is 0 Å². The quantitative estimate of drug-likeness (QED) is 0.428. The highest BCUT2D eigenvalue weighted by Crippen LogP contribution is 2.15. The molecule has 1 rings (SSSR count). The Bertz CT molecular complexity index is 464. The average molecular weight is 280 g/mol. The first-order valence-corrected chi connectivity index (χ1v) is 6.08. The maximum absolute atomic E-state index is 12.0. The molecular formula is C12H16N4O2S. The van der Waals surface area contributed by atoms with E-state index in [0.717, 1.165) is 5.56 Å². The van der Waals surface area contributed by atoms with E-state index >= 15 is 0 Å². The Balaban J connectivity index is 2.60. The number of benzene rings is 1.